The van der Waals surface area contributed by atoms with Crippen LogP contribution in [0, 0.1) is 17.1 Å². The highest BCUT2D eigenvalue weighted by Crippen LogP contribution is 2.40. The summed E-state index contributed by atoms with van der Waals surface area (Å²) in [5, 5.41) is 9.66. The van der Waals surface area contributed by atoms with Crippen LogP contribution in [0.1, 0.15) is 34.7 Å². The quantitative estimate of drug-likeness (QED) is 0.739. The first kappa shape index (κ1) is 16.3. The number of nitriles is 1. The Balaban J connectivity index is 1.87. The monoisotopic (exact) mass is 343 g/mol. The lowest BCUT2D eigenvalue weighted by molar-refractivity contribution is 0.576. The lowest BCUT2D eigenvalue weighted by Gasteiger charge is -2.27. The van der Waals surface area contributed by atoms with Gasteiger partial charge in [0.15, 0.2) is 0 Å². The number of pyridine rings is 1. The van der Waals surface area contributed by atoms with Crippen molar-refractivity contribution in [3.8, 4) is 17.2 Å². The Labute approximate surface area is 151 Å². The van der Waals surface area contributed by atoms with E-state index in [4.69, 9.17) is 5.73 Å². The maximum Gasteiger partial charge on any atom is 0.142 e. The fourth-order valence-electron chi connectivity index (χ4n) is 3.84. The van der Waals surface area contributed by atoms with Crippen LogP contribution in [0.5, 0.6) is 0 Å². The van der Waals surface area contributed by atoms with Gasteiger partial charge in [-0.3, -0.25) is 0 Å². The van der Waals surface area contributed by atoms with E-state index in [9.17, 15) is 9.65 Å². The summed E-state index contributed by atoms with van der Waals surface area (Å²) in [5.41, 5.74) is 11.3. The number of nitrogens with zero attached hydrogens (tertiary/aromatic N) is 2. The predicted octanol–water partition coefficient (Wildman–Crippen LogP) is 4.61. The molecule has 128 valence electrons. The first-order valence-corrected chi connectivity index (χ1v) is 8.69. The fraction of sp³-hybridized carbons (Fsp3) is 0.182. The van der Waals surface area contributed by atoms with Crippen molar-refractivity contribution in [1.29, 1.82) is 5.26 Å². The number of nitrogen functional groups attached to an aromatic ring is 1. The SMILES string of the molecule is N#Cc1c(N)nc2c(c1-c1ccc(F)cc1)CC(c1ccccc1)CC2. The lowest BCUT2D eigenvalue weighted by Crippen LogP contribution is -2.17. The molecule has 3 aromatic rings. The van der Waals surface area contributed by atoms with Gasteiger partial charge in [0, 0.05) is 11.3 Å². The minimum atomic E-state index is -0.301. The van der Waals surface area contributed by atoms with Gasteiger partial charge in [0.25, 0.3) is 0 Å². The van der Waals surface area contributed by atoms with Gasteiger partial charge in [-0.15, -0.1) is 0 Å². The van der Waals surface area contributed by atoms with Gasteiger partial charge >= 0.3 is 0 Å². The van der Waals surface area contributed by atoms with Crippen LogP contribution >= 0.6 is 0 Å². The van der Waals surface area contributed by atoms with E-state index in [1.54, 1.807) is 12.1 Å². The first-order chi connectivity index (χ1) is 12.7. The molecule has 4 rings (SSSR count). The molecule has 1 aliphatic rings. The lowest BCUT2D eigenvalue weighted by atomic mass is 9.78. The number of aryl methyl sites for hydroxylation is 1. The first-order valence-electron chi connectivity index (χ1n) is 8.69. The summed E-state index contributed by atoms with van der Waals surface area (Å²) >= 11 is 0. The van der Waals surface area contributed by atoms with Crippen molar-refractivity contribution in [3.63, 3.8) is 0 Å². The van der Waals surface area contributed by atoms with E-state index in [1.165, 1.54) is 17.7 Å². The number of anilines is 1. The highest BCUT2D eigenvalue weighted by Gasteiger charge is 2.27. The number of hydrogen-bond acceptors (Lipinski definition) is 3. The second-order valence-electron chi connectivity index (χ2n) is 6.64. The number of fused-ring (bicyclic) bond motifs is 1. The van der Waals surface area contributed by atoms with Crippen LogP contribution in [0.25, 0.3) is 11.1 Å². The molecule has 1 heterocycles. The number of hydrogen-bond donors (Lipinski definition) is 1. The molecule has 4 heteroatoms. The molecule has 0 aliphatic heterocycles. The Hall–Kier alpha value is -3.19. The van der Waals surface area contributed by atoms with Crippen LogP contribution in [0.2, 0.25) is 0 Å². The maximum atomic E-state index is 13.4. The molecule has 0 bridgehead atoms. The van der Waals surface area contributed by atoms with E-state index in [-0.39, 0.29) is 11.6 Å². The maximum absolute atomic E-state index is 13.4. The average Bonchev–Trinajstić information content (AvgIpc) is 2.68. The molecule has 1 aliphatic carbocycles. The zero-order valence-electron chi connectivity index (χ0n) is 14.2. The number of halogens is 1. The molecule has 2 N–H and O–H groups in total. The Morgan fingerprint density at radius 3 is 2.50 bits per heavy atom. The summed E-state index contributed by atoms with van der Waals surface area (Å²) < 4.78 is 13.4. The van der Waals surface area contributed by atoms with Gasteiger partial charge in [-0.1, -0.05) is 42.5 Å². The molecule has 0 saturated heterocycles. The van der Waals surface area contributed by atoms with E-state index in [0.717, 1.165) is 41.6 Å². The number of aromatic nitrogens is 1. The largest absolute Gasteiger partial charge is 0.383 e. The van der Waals surface area contributed by atoms with Crippen molar-refractivity contribution in [1.82, 2.24) is 4.98 Å². The van der Waals surface area contributed by atoms with Crippen LogP contribution in [0.15, 0.2) is 54.6 Å². The van der Waals surface area contributed by atoms with Crippen LogP contribution in [-0.4, -0.2) is 4.98 Å². The molecule has 3 nitrogen and oxygen atoms in total. The van der Waals surface area contributed by atoms with E-state index < -0.39 is 0 Å². The fourth-order valence-corrected chi connectivity index (χ4v) is 3.84. The molecule has 0 radical (unpaired) electrons. The molecule has 0 saturated carbocycles. The summed E-state index contributed by atoms with van der Waals surface area (Å²) in [6.07, 6.45) is 2.62. The summed E-state index contributed by atoms with van der Waals surface area (Å²) in [7, 11) is 0. The zero-order chi connectivity index (χ0) is 18.1. The molecule has 0 amide bonds. The van der Waals surface area contributed by atoms with E-state index in [1.807, 2.05) is 18.2 Å². The van der Waals surface area contributed by atoms with Gasteiger partial charge in [-0.2, -0.15) is 5.26 Å². The third-order valence-electron chi connectivity index (χ3n) is 5.11. The van der Waals surface area contributed by atoms with Gasteiger partial charge < -0.3 is 5.73 Å². The van der Waals surface area contributed by atoms with Gasteiger partial charge in [0.1, 0.15) is 23.3 Å². The molecule has 0 spiro atoms. The van der Waals surface area contributed by atoms with Crippen LogP contribution in [-0.2, 0) is 12.8 Å². The van der Waals surface area contributed by atoms with Gasteiger partial charge in [0.05, 0.1) is 0 Å². The van der Waals surface area contributed by atoms with E-state index in [2.05, 4.69) is 23.2 Å². The number of benzene rings is 2. The zero-order valence-corrected chi connectivity index (χ0v) is 14.2. The van der Waals surface area contributed by atoms with Crippen LogP contribution < -0.4 is 5.73 Å². The highest BCUT2D eigenvalue weighted by atomic mass is 19.1. The Morgan fingerprint density at radius 1 is 1.08 bits per heavy atom. The summed E-state index contributed by atoms with van der Waals surface area (Å²) in [6, 6.07) is 18.8. The molecular weight excluding hydrogens is 325 g/mol. The van der Waals surface area contributed by atoms with Crippen LogP contribution in [0.3, 0.4) is 0 Å². The average molecular weight is 343 g/mol. The van der Waals surface area contributed by atoms with Gasteiger partial charge in [-0.25, -0.2) is 9.37 Å². The summed E-state index contributed by atoms with van der Waals surface area (Å²) in [6.45, 7) is 0. The van der Waals surface area contributed by atoms with Crippen LogP contribution in [0.4, 0.5) is 10.2 Å². The molecular formula is C22H18FN3. The molecule has 0 fully saturated rings. The molecule has 1 aromatic heterocycles. The van der Waals surface area contributed by atoms with E-state index >= 15 is 0 Å². The van der Waals surface area contributed by atoms with Crippen molar-refractivity contribution >= 4 is 5.82 Å². The number of rotatable bonds is 2. The Morgan fingerprint density at radius 2 is 1.81 bits per heavy atom. The normalized spacial score (nSPS) is 15.9. The van der Waals surface area contributed by atoms with Gasteiger partial charge in [-0.05, 0) is 54.0 Å². The highest BCUT2D eigenvalue weighted by molar-refractivity contribution is 5.79. The third-order valence-corrected chi connectivity index (χ3v) is 5.11. The molecule has 1 unspecified atom stereocenters. The van der Waals surface area contributed by atoms with Crippen molar-refractivity contribution in [2.24, 2.45) is 0 Å². The van der Waals surface area contributed by atoms with Crippen molar-refractivity contribution in [2.45, 2.75) is 25.2 Å². The van der Waals surface area contributed by atoms with Gasteiger partial charge in [0.2, 0.25) is 0 Å². The third kappa shape index (κ3) is 2.82. The summed E-state index contributed by atoms with van der Waals surface area (Å²) in [5.74, 6) is 0.328. The standard InChI is InChI=1S/C22H18FN3/c23-17-9-6-15(7-10-17)21-18-12-16(14-4-2-1-3-5-14)8-11-20(18)26-22(25)19(21)13-24/h1-7,9-10,16H,8,11-12H2,(H2,25,26). The second kappa shape index (κ2) is 6.61. The molecule has 26 heavy (non-hydrogen) atoms. The predicted molar refractivity (Wildman–Crippen MR) is 100.0 cm³/mol. The minimum absolute atomic E-state index is 0.253. The number of nitrogens with two attached hydrogens (primary N) is 1. The molecule has 2 aromatic carbocycles. The molecule has 1 atom stereocenters. The topological polar surface area (TPSA) is 62.7 Å². The second-order valence-corrected chi connectivity index (χ2v) is 6.64. The minimum Gasteiger partial charge on any atom is -0.383 e. The Kier molecular flexibility index (Phi) is 4.14. The van der Waals surface area contributed by atoms with E-state index in [0.29, 0.717) is 11.5 Å². The van der Waals surface area contributed by atoms with Crippen molar-refractivity contribution in [3.05, 3.63) is 82.8 Å². The Bertz CT molecular complexity index is 989. The smallest absolute Gasteiger partial charge is 0.142 e. The van der Waals surface area contributed by atoms with Crippen molar-refractivity contribution < 1.29 is 4.39 Å². The van der Waals surface area contributed by atoms with Crippen molar-refractivity contribution in [2.75, 3.05) is 5.73 Å². The summed E-state index contributed by atoms with van der Waals surface area (Å²) in [4.78, 5) is 4.50.